The molecule has 0 radical (unpaired) electrons. The highest BCUT2D eigenvalue weighted by molar-refractivity contribution is 5.87. The monoisotopic (exact) mass is 245 g/mol. The number of rotatable bonds is 2. The van der Waals surface area contributed by atoms with E-state index in [0.29, 0.717) is 0 Å². The Morgan fingerprint density at radius 2 is 2.06 bits per heavy atom. The zero-order chi connectivity index (χ0) is 12.6. The van der Waals surface area contributed by atoms with Crippen LogP contribution in [0.1, 0.15) is 40.5 Å². The molecule has 1 aliphatic carbocycles. The third kappa shape index (κ3) is 2.40. The summed E-state index contributed by atoms with van der Waals surface area (Å²) < 4.78 is 42.7. The highest BCUT2D eigenvalue weighted by Crippen LogP contribution is 2.45. The van der Waals surface area contributed by atoms with Crippen molar-refractivity contribution in [3.8, 4) is 0 Å². The number of methoxy groups -OCH3 is 1. The Kier molecular flexibility index (Phi) is 2.81. The van der Waals surface area contributed by atoms with E-state index in [1.165, 1.54) is 12.1 Å². The van der Waals surface area contributed by atoms with Gasteiger partial charge in [0, 0.05) is 0 Å². The molecule has 0 N–H and O–H groups in total. The lowest BCUT2D eigenvalue weighted by molar-refractivity contribution is -0.141. The van der Waals surface area contributed by atoms with E-state index >= 15 is 0 Å². The highest BCUT2D eigenvalue weighted by Gasteiger charge is 2.40. The quantitative estimate of drug-likeness (QED) is 0.752. The Bertz CT molecular complexity index is 453. The first-order chi connectivity index (χ1) is 7.93. The topological polar surface area (TPSA) is 39.2 Å². The van der Waals surface area contributed by atoms with Crippen LogP contribution in [0.4, 0.5) is 13.2 Å². The summed E-state index contributed by atoms with van der Waals surface area (Å²) in [5.74, 6) is -0.941. The summed E-state index contributed by atoms with van der Waals surface area (Å²) in [4.78, 5) is 14.5. The number of aromatic nitrogens is 1. The van der Waals surface area contributed by atoms with Gasteiger partial charge >= 0.3 is 12.1 Å². The predicted octanol–water partition coefficient (Wildman–Crippen LogP) is 2.76. The first-order valence-corrected chi connectivity index (χ1v) is 5.10. The van der Waals surface area contributed by atoms with Gasteiger partial charge < -0.3 is 4.74 Å². The van der Waals surface area contributed by atoms with Crippen molar-refractivity contribution in [3.05, 3.63) is 29.1 Å². The normalized spacial score (nSPS) is 15.8. The first-order valence-electron chi connectivity index (χ1n) is 5.10. The van der Waals surface area contributed by atoms with Gasteiger partial charge in [-0.05, 0) is 30.4 Å². The highest BCUT2D eigenvalue weighted by atomic mass is 19.4. The second kappa shape index (κ2) is 4.01. The minimum absolute atomic E-state index is 0.0779. The van der Waals surface area contributed by atoms with Gasteiger partial charge in [-0.15, -0.1) is 0 Å². The molecule has 1 heterocycles. The van der Waals surface area contributed by atoms with Crippen LogP contribution in [0.2, 0.25) is 0 Å². The van der Waals surface area contributed by atoms with E-state index < -0.39 is 17.8 Å². The fraction of sp³-hybridized carbons (Fsp3) is 0.455. The predicted molar refractivity (Wildman–Crippen MR) is 52.6 cm³/mol. The van der Waals surface area contributed by atoms with Gasteiger partial charge in [0.1, 0.15) is 11.4 Å². The van der Waals surface area contributed by atoms with E-state index in [1.54, 1.807) is 0 Å². The van der Waals surface area contributed by atoms with E-state index in [-0.39, 0.29) is 17.2 Å². The molecule has 0 saturated heterocycles. The second-order valence-electron chi connectivity index (χ2n) is 3.90. The summed E-state index contributed by atoms with van der Waals surface area (Å²) in [7, 11) is 1.10. The number of ether oxygens (including phenoxy) is 1. The van der Waals surface area contributed by atoms with Crippen molar-refractivity contribution in [2.45, 2.75) is 24.9 Å². The van der Waals surface area contributed by atoms with Crippen molar-refractivity contribution in [1.82, 2.24) is 4.98 Å². The number of pyridine rings is 1. The summed E-state index contributed by atoms with van der Waals surface area (Å²) in [6.07, 6.45) is -3.06. The maximum atomic E-state index is 12.8. The average Bonchev–Trinajstić information content (AvgIpc) is 3.10. The van der Waals surface area contributed by atoms with Crippen LogP contribution in [-0.2, 0) is 10.9 Å². The van der Waals surface area contributed by atoms with E-state index in [2.05, 4.69) is 9.72 Å². The largest absolute Gasteiger partial charge is 0.464 e. The number of carbonyl (C=O) groups excluding carboxylic acids is 1. The van der Waals surface area contributed by atoms with E-state index in [4.69, 9.17) is 0 Å². The van der Waals surface area contributed by atoms with Crippen LogP contribution >= 0.6 is 0 Å². The van der Waals surface area contributed by atoms with E-state index in [9.17, 15) is 18.0 Å². The van der Waals surface area contributed by atoms with Crippen molar-refractivity contribution in [1.29, 1.82) is 0 Å². The van der Waals surface area contributed by atoms with Crippen molar-refractivity contribution >= 4 is 5.97 Å². The first kappa shape index (κ1) is 11.9. The smallest absolute Gasteiger partial charge is 0.433 e. The lowest BCUT2D eigenvalue weighted by Gasteiger charge is -2.12. The number of hydrogen-bond acceptors (Lipinski definition) is 3. The molecule has 0 spiro atoms. The van der Waals surface area contributed by atoms with Gasteiger partial charge in [0.25, 0.3) is 0 Å². The van der Waals surface area contributed by atoms with Crippen molar-refractivity contribution in [2.75, 3.05) is 7.11 Å². The Hall–Kier alpha value is -1.59. The number of nitrogens with zero attached hydrogens (tertiary/aromatic N) is 1. The van der Waals surface area contributed by atoms with Crippen molar-refractivity contribution in [3.63, 3.8) is 0 Å². The third-order valence-corrected chi connectivity index (χ3v) is 2.61. The fourth-order valence-electron chi connectivity index (χ4n) is 1.64. The molecule has 0 atom stereocenters. The van der Waals surface area contributed by atoms with Gasteiger partial charge in [0.05, 0.1) is 7.11 Å². The lowest BCUT2D eigenvalue weighted by atomic mass is 10.1. The number of hydrogen-bond donors (Lipinski definition) is 0. The van der Waals surface area contributed by atoms with Crippen LogP contribution in [0.3, 0.4) is 0 Å². The van der Waals surface area contributed by atoms with Gasteiger partial charge in [0.15, 0.2) is 0 Å². The number of halogens is 3. The summed E-state index contributed by atoms with van der Waals surface area (Å²) in [6.45, 7) is 0. The van der Waals surface area contributed by atoms with Crippen LogP contribution in [0, 0.1) is 0 Å². The zero-order valence-electron chi connectivity index (χ0n) is 9.04. The Labute approximate surface area is 95.6 Å². The molecule has 92 valence electrons. The van der Waals surface area contributed by atoms with Crippen molar-refractivity contribution in [2.24, 2.45) is 0 Å². The minimum Gasteiger partial charge on any atom is -0.464 e. The molecule has 3 nitrogen and oxygen atoms in total. The third-order valence-electron chi connectivity index (χ3n) is 2.61. The van der Waals surface area contributed by atoms with Crippen LogP contribution in [0.25, 0.3) is 0 Å². The second-order valence-corrected chi connectivity index (χ2v) is 3.90. The average molecular weight is 245 g/mol. The molecule has 1 saturated carbocycles. The zero-order valence-corrected chi connectivity index (χ0v) is 9.04. The Morgan fingerprint density at radius 1 is 1.41 bits per heavy atom. The minimum atomic E-state index is -4.54. The molecule has 6 heteroatoms. The van der Waals surface area contributed by atoms with Gasteiger partial charge in [-0.1, -0.05) is 6.07 Å². The van der Waals surface area contributed by atoms with Crippen LogP contribution in [0.5, 0.6) is 0 Å². The van der Waals surface area contributed by atoms with E-state index in [0.717, 1.165) is 20.0 Å². The summed E-state index contributed by atoms with van der Waals surface area (Å²) >= 11 is 0. The standard InChI is InChI=1S/C11H10F3NO2/c1-17-10(16)8-5-4-7(6-2-3-6)9(15-8)11(12,13)14/h4-6H,2-3H2,1H3. The Balaban J connectivity index is 2.46. The molecule has 1 aromatic heterocycles. The summed E-state index contributed by atoms with van der Waals surface area (Å²) in [5.41, 5.74) is -1.11. The SMILES string of the molecule is COC(=O)c1ccc(C2CC2)c(C(F)(F)F)n1. The molecule has 1 fully saturated rings. The Morgan fingerprint density at radius 3 is 2.53 bits per heavy atom. The van der Waals surface area contributed by atoms with Crippen LogP contribution < -0.4 is 0 Å². The maximum absolute atomic E-state index is 12.8. The molecule has 2 rings (SSSR count). The summed E-state index contributed by atoms with van der Waals surface area (Å²) in [5, 5.41) is 0. The van der Waals surface area contributed by atoms with E-state index in [1.807, 2.05) is 0 Å². The number of esters is 1. The number of carbonyl (C=O) groups is 1. The fourth-order valence-corrected chi connectivity index (χ4v) is 1.64. The lowest BCUT2D eigenvalue weighted by Crippen LogP contribution is -2.15. The molecule has 0 aliphatic heterocycles. The molecule has 0 unspecified atom stereocenters. The maximum Gasteiger partial charge on any atom is 0.433 e. The number of alkyl halides is 3. The molecular formula is C11H10F3NO2. The molecule has 1 aliphatic rings. The van der Waals surface area contributed by atoms with Gasteiger partial charge in [-0.2, -0.15) is 13.2 Å². The van der Waals surface area contributed by atoms with Gasteiger partial charge in [0.2, 0.25) is 0 Å². The molecule has 1 aromatic rings. The van der Waals surface area contributed by atoms with Crippen LogP contribution in [0.15, 0.2) is 12.1 Å². The molecule has 0 aromatic carbocycles. The molecule has 0 amide bonds. The summed E-state index contributed by atoms with van der Waals surface area (Å²) in [6, 6.07) is 2.59. The van der Waals surface area contributed by atoms with Gasteiger partial charge in [-0.25, -0.2) is 9.78 Å². The van der Waals surface area contributed by atoms with Gasteiger partial charge in [-0.3, -0.25) is 0 Å². The van der Waals surface area contributed by atoms with Crippen LogP contribution in [-0.4, -0.2) is 18.1 Å². The van der Waals surface area contributed by atoms with Crippen molar-refractivity contribution < 1.29 is 22.7 Å². The molecule has 0 bridgehead atoms. The molecule has 17 heavy (non-hydrogen) atoms. The molecular weight excluding hydrogens is 235 g/mol.